The number of hydrogen-bond acceptors (Lipinski definition) is 2. The van der Waals surface area contributed by atoms with Crippen LogP contribution >= 0.6 is 0 Å². The lowest BCUT2D eigenvalue weighted by molar-refractivity contribution is -0.137. The summed E-state index contributed by atoms with van der Waals surface area (Å²) in [7, 11) is 0. The Labute approximate surface area is 75.7 Å². The van der Waals surface area contributed by atoms with E-state index in [-0.39, 0.29) is 12.5 Å². The van der Waals surface area contributed by atoms with Gasteiger partial charge in [-0.2, -0.15) is 0 Å². The van der Waals surface area contributed by atoms with Crippen LogP contribution < -0.4 is 0 Å². The van der Waals surface area contributed by atoms with Gasteiger partial charge in [0.2, 0.25) is 0 Å². The zero-order chi connectivity index (χ0) is 9.26. The lowest BCUT2D eigenvalue weighted by Gasteiger charge is -2.05. The maximum Gasteiger partial charge on any atom is 0.305 e. The molecule has 1 N–H and O–H groups in total. The van der Waals surface area contributed by atoms with E-state index in [1.165, 1.54) is 0 Å². The molecule has 1 atom stereocenters. The fourth-order valence-corrected chi connectivity index (χ4v) is 1.51. The summed E-state index contributed by atoms with van der Waals surface area (Å²) in [5.41, 5.74) is 2.05. The maximum absolute atomic E-state index is 10.5. The van der Waals surface area contributed by atoms with Gasteiger partial charge in [-0.15, -0.1) is 0 Å². The second-order valence-corrected chi connectivity index (χ2v) is 3.02. The molecule has 1 aromatic carbocycles. The first-order valence-corrected chi connectivity index (χ1v) is 4.11. The molecule has 0 saturated heterocycles. The van der Waals surface area contributed by atoms with E-state index in [0.29, 0.717) is 0 Å². The molecule has 0 amide bonds. The number of carbonyl (C=O) groups is 1. The van der Waals surface area contributed by atoms with Crippen LogP contribution in [0.15, 0.2) is 29.3 Å². The fraction of sp³-hybridized carbons (Fsp3) is 0.200. The summed E-state index contributed by atoms with van der Waals surface area (Å²) in [6, 6.07) is 7.51. The highest BCUT2D eigenvalue weighted by atomic mass is 16.4. The van der Waals surface area contributed by atoms with Crippen molar-refractivity contribution in [3.05, 3.63) is 35.4 Å². The van der Waals surface area contributed by atoms with E-state index in [4.69, 9.17) is 5.11 Å². The highest BCUT2D eigenvalue weighted by Crippen LogP contribution is 2.28. The van der Waals surface area contributed by atoms with E-state index >= 15 is 0 Å². The predicted octanol–water partition coefficient (Wildman–Crippen LogP) is 1.63. The molecule has 0 spiro atoms. The molecule has 1 heterocycles. The van der Waals surface area contributed by atoms with E-state index in [1.54, 1.807) is 6.21 Å². The molecule has 0 radical (unpaired) electrons. The van der Waals surface area contributed by atoms with Crippen LogP contribution in [0.25, 0.3) is 0 Å². The number of carboxylic acid groups (broad SMARTS) is 1. The first-order valence-electron chi connectivity index (χ1n) is 4.11. The maximum atomic E-state index is 10.5. The standard InChI is InChI=1S/C10H9NO2/c12-10(13)5-9-8-4-2-1-3-7(8)6-11-9/h1-4,6,9H,5H2,(H,12,13)/t9-/m1/s1. The summed E-state index contributed by atoms with van der Waals surface area (Å²) in [6.07, 6.45) is 1.82. The number of aliphatic carboxylic acids is 1. The molecule has 0 aliphatic carbocycles. The SMILES string of the molecule is O=C(O)C[C@H]1N=Cc2ccccc21. The number of nitrogens with zero attached hydrogens (tertiary/aromatic N) is 1. The van der Waals surface area contributed by atoms with Gasteiger partial charge in [0.25, 0.3) is 0 Å². The van der Waals surface area contributed by atoms with Gasteiger partial charge in [-0.1, -0.05) is 24.3 Å². The van der Waals surface area contributed by atoms with Crippen molar-refractivity contribution in [3.8, 4) is 0 Å². The average molecular weight is 175 g/mol. The van der Waals surface area contributed by atoms with Crippen LogP contribution in [0.2, 0.25) is 0 Å². The second kappa shape index (κ2) is 3.01. The molecule has 1 aliphatic heterocycles. The molecule has 0 fully saturated rings. The molecular formula is C10H9NO2. The molecule has 1 aromatic rings. The largest absolute Gasteiger partial charge is 0.481 e. The number of hydrogen-bond donors (Lipinski definition) is 1. The smallest absolute Gasteiger partial charge is 0.305 e. The van der Waals surface area contributed by atoms with Crippen LogP contribution in [0.1, 0.15) is 23.6 Å². The minimum Gasteiger partial charge on any atom is -0.481 e. The Bertz CT molecular complexity index is 371. The Balaban J connectivity index is 2.28. The van der Waals surface area contributed by atoms with Crippen molar-refractivity contribution < 1.29 is 9.90 Å². The molecule has 0 unspecified atom stereocenters. The summed E-state index contributed by atoms with van der Waals surface area (Å²) < 4.78 is 0. The van der Waals surface area contributed by atoms with E-state index < -0.39 is 5.97 Å². The average Bonchev–Trinajstić information content (AvgIpc) is 2.48. The molecule has 1 aliphatic rings. The highest BCUT2D eigenvalue weighted by Gasteiger charge is 2.20. The van der Waals surface area contributed by atoms with Gasteiger partial charge in [0.05, 0.1) is 12.5 Å². The topological polar surface area (TPSA) is 49.7 Å². The van der Waals surface area contributed by atoms with Crippen molar-refractivity contribution in [2.75, 3.05) is 0 Å². The second-order valence-electron chi connectivity index (χ2n) is 3.02. The van der Waals surface area contributed by atoms with Crippen LogP contribution in [0.4, 0.5) is 0 Å². The highest BCUT2D eigenvalue weighted by molar-refractivity contribution is 5.86. The molecule has 2 rings (SSSR count). The summed E-state index contributed by atoms with van der Waals surface area (Å²) in [5, 5.41) is 8.63. The molecule has 66 valence electrons. The molecule has 0 aromatic heterocycles. The number of rotatable bonds is 2. The van der Waals surface area contributed by atoms with Crippen molar-refractivity contribution in [2.24, 2.45) is 4.99 Å². The van der Waals surface area contributed by atoms with Crippen LogP contribution in [0.3, 0.4) is 0 Å². The van der Waals surface area contributed by atoms with E-state index in [1.807, 2.05) is 24.3 Å². The van der Waals surface area contributed by atoms with Crippen molar-refractivity contribution in [2.45, 2.75) is 12.5 Å². The predicted molar refractivity (Wildman–Crippen MR) is 49.0 cm³/mol. The zero-order valence-corrected chi connectivity index (χ0v) is 6.97. The van der Waals surface area contributed by atoms with Gasteiger partial charge in [-0.05, 0) is 11.1 Å². The normalized spacial score (nSPS) is 18.6. The van der Waals surface area contributed by atoms with Crippen molar-refractivity contribution >= 4 is 12.2 Å². The molecule has 3 nitrogen and oxygen atoms in total. The number of aliphatic imine (C=N–C) groups is 1. The third-order valence-corrected chi connectivity index (χ3v) is 2.12. The first-order chi connectivity index (χ1) is 6.27. The summed E-state index contributed by atoms with van der Waals surface area (Å²) >= 11 is 0. The van der Waals surface area contributed by atoms with E-state index in [0.717, 1.165) is 11.1 Å². The minimum absolute atomic E-state index is 0.0769. The molecule has 13 heavy (non-hydrogen) atoms. The van der Waals surface area contributed by atoms with Crippen molar-refractivity contribution in [1.82, 2.24) is 0 Å². The van der Waals surface area contributed by atoms with Gasteiger partial charge >= 0.3 is 5.97 Å². The van der Waals surface area contributed by atoms with Gasteiger partial charge in [-0.3, -0.25) is 9.79 Å². The lowest BCUT2D eigenvalue weighted by atomic mass is 10.0. The Morgan fingerprint density at radius 2 is 2.23 bits per heavy atom. The minimum atomic E-state index is -0.807. The van der Waals surface area contributed by atoms with Crippen molar-refractivity contribution in [1.29, 1.82) is 0 Å². The van der Waals surface area contributed by atoms with Crippen molar-refractivity contribution in [3.63, 3.8) is 0 Å². The summed E-state index contributed by atoms with van der Waals surface area (Å²) in [4.78, 5) is 14.6. The van der Waals surface area contributed by atoms with Gasteiger partial charge < -0.3 is 5.11 Å². The third-order valence-electron chi connectivity index (χ3n) is 2.12. The molecule has 3 heteroatoms. The number of carboxylic acids is 1. The number of benzene rings is 1. The quantitative estimate of drug-likeness (QED) is 0.742. The van der Waals surface area contributed by atoms with Crippen LogP contribution in [-0.2, 0) is 4.79 Å². The van der Waals surface area contributed by atoms with Gasteiger partial charge in [0.15, 0.2) is 0 Å². The Morgan fingerprint density at radius 1 is 1.46 bits per heavy atom. The van der Waals surface area contributed by atoms with Crippen LogP contribution in [0.5, 0.6) is 0 Å². The molecule has 0 bridgehead atoms. The third kappa shape index (κ3) is 1.45. The molecular weight excluding hydrogens is 166 g/mol. The van der Waals surface area contributed by atoms with E-state index in [9.17, 15) is 4.79 Å². The monoisotopic (exact) mass is 175 g/mol. The van der Waals surface area contributed by atoms with Gasteiger partial charge in [-0.25, -0.2) is 0 Å². The van der Waals surface area contributed by atoms with Crippen LogP contribution in [0, 0.1) is 0 Å². The zero-order valence-electron chi connectivity index (χ0n) is 6.97. The Morgan fingerprint density at radius 3 is 3.00 bits per heavy atom. The molecule has 0 saturated carbocycles. The van der Waals surface area contributed by atoms with Gasteiger partial charge in [0, 0.05) is 6.21 Å². The van der Waals surface area contributed by atoms with Gasteiger partial charge in [0.1, 0.15) is 0 Å². The Kier molecular flexibility index (Phi) is 1.85. The fourth-order valence-electron chi connectivity index (χ4n) is 1.51. The Hall–Kier alpha value is -1.64. The lowest BCUT2D eigenvalue weighted by Crippen LogP contribution is -2.02. The number of fused-ring (bicyclic) bond motifs is 1. The summed E-state index contributed by atoms with van der Waals surface area (Å²) in [6.45, 7) is 0. The van der Waals surface area contributed by atoms with Crippen LogP contribution in [-0.4, -0.2) is 17.3 Å². The first kappa shape index (κ1) is 7.98. The summed E-state index contributed by atoms with van der Waals surface area (Å²) in [5.74, 6) is -0.807. The van der Waals surface area contributed by atoms with E-state index in [2.05, 4.69) is 4.99 Å².